The minimum Gasteiger partial charge on any atom is -0.369 e. The van der Waals surface area contributed by atoms with Gasteiger partial charge in [-0.25, -0.2) is 4.98 Å². The van der Waals surface area contributed by atoms with Crippen LogP contribution < -0.4 is 5.32 Å². The third-order valence-corrected chi connectivity index (χ3v) is 4.62. The summed E-state index contributed by atoms with van der Waals surface area (Å²) < 4.78 is 8.13. The molecule has 1 unspecified atom stereocenters. The van der Waals surface area contributed by atoms with E-state index in [1.54, 1.807) is 0 Å². The van der Waals surface area contributed by atoms with Crippen LogP contribution in [0.1, 0.15) is 31.1 Å². The van der Waals surface area contributed by atoms with Gasteiger partial charge in [0.15, 0.2) is 0 Å². The zero-order chi connectivity index (χ0) is 13.8. The van der Waals surface area contributed by atoms with Gasteiger partial charge in [0, 0.05) is 19.6 Å². The average molecular weight is 278 g/mol. The van der Waals surface area contributed by atoms with Crippen molar-refractivity contribution in [3.63, 3.8) is 0 Å². The van der Waals surface area contributed by atoms with Crippen LogP contribution in [0.5, 0.6) is 0 Å². The number of ether oxygens (including phenoxy) is 1. The number of piperidine rings is 1. The van der Waals surface area contributed by atoms with Crippen molar-refractivity contribution in [1.82, 2.24) is 19.8 Å². The summed E-state index contributed by atoms with van der Waals surface area (Å²) in [6.45, 7) is 6.22. The van der Waals surface area contributed by atoms with Gasteiger partial charge < -0.3 is 19.5 Å². The predicted molar refractivity (Wildman–Crippen MR) is 78.6 cm³/mol. The number of likely N-dealkylation sites (tertiary alicyclic amines) is 1. The van der Waals surface area contributed by atoms with Crippen molar-refractivity contribution in [2.75, 3.05) is 39.8 Å². The largest absolute Gasteiger partial charge is 0.369 e. The topological polar surface area (TPSA) is 42.3 Å². The Labute approximate surface area is 121 Å². The van der Waals surface area contributed by atoms with Crippen LogP contribution in [0.25, 0.3) is 0 Å². The van der Waals surface area contributed by atoms with Crippen molar-refractivity contribution in [2.45, 2.75) is 31.9 Å². The third kappa shape index (κ3) is 3.40. The number of aromatic nitrogens is 2. The van der Waals surface area contributed by atoms with Gasteiger partial charge in [0.05, 0.1) is 24.8 Å². The molecule has 0 spiro atoms. The number of nitrogens with zero attached hydrogens (tertiary/aromatic N) is 3. The molecule has 2 saturated heterocycles. The molecule has 5 nitrogen and oxygen atoms in total. The number of rotatable bonds is 4. The second-order valence-electron chi connectivity index (χ2n) is 6.11. The van der Waals surface area contributed by atoms with Crippen LogP contribution in [-0.4, -0.2) is 54.3 Å². The van der Waals surface area contributed by atoms with Crippen molar-refractivity contribution in [2.24, 2.45) is 5.92 Å². The Morgan fingerprint density at radius 2 is 2.25 bits per heavy atom. The average Bonchev–Trinajstić information content (AvgIpc) is 2.96. The van der Waals surface area contributed by atoms with E-state index in [0.717, 1.165) is 32.2 Å². The molecule has 3 heterocycles. The first-order chi connectivity index (χ1) is 9.83. The zero-order valence-corrected chi connectivity index (χ0v) is 12.4. The summed E-state index contributed by atoms with van der Waals surface area (Å²) >= 11 is 0. The van der Waals surface area contributed by atoms with Gasteiger partial charge >= 0.3 is 0 Å². The van der Waals surface area contributed by atoms with Crippen molar-refractivity contribution in [3.05, 3.63) is 18.2 Å². The van der Waals surface area contributed by atoms with Crippen molar-refractivity contribution >= 4 is 0 Å². The summed E-state index contributed by atoms with van der Waals surface area (Å²) in [5.74, 6) is 0.867. The van der Waals surface area contributed by atoms with Crippen LogP contribution in [-0.2, 0) is 11.3 Å². The third-order valence-electron chi connectivity index (χ3n) is 4.62. The Balaban J connectivity index is 1.54. The molecule has 0 bridgehead atoms. The summed E-state index contributed by atoms with van der Waals surface area (Å²) in [6.07, 6.45) is 8.03. The maximum atomic E-state index is 5.84. The lowest BCUT2D eigenvalue weighted by molar-refractivity contribution is 0.0225. The molecule has 2 aliphatic rings. The molecule has 5 heteroatoms. The lowest BCUT2D eigenvalue weighted by Crippen LogP contribution is -2.34. The number of imidazole rings is 1. The zero-order valence-electron chi connectivity index (χ0n) is 12.4. The molecule has 1 aromatic heterocycles. The predicted octanol–water partition coefficient (Wildman–Crippen LogP) is 1.28. The smallest absolute Gasteiger partial charge is 0.111 e. The normalized spacial score (nSPS) is 25.9. The van der Waals surface area contributed by atoms with E-state index in [1.807, 2.05) is 12.5 Å². The molecule has 20 heavy (non-hydrogen) atoms. The quantitative estimate of drug-likeness (QED) is 0.901. The minimum atomic E-state index is 0.170. The van der Waals surface area contributed by atoms with Gasteiger partial charge in [0.2, 0.25) is 0 Å². The number of nitrogens with one attached hydrogen (secondary N) is 1. The lowest BCUT2D eigenvalue weighted by Gasteiger charge is -2.29. The second-order valence-corrected chi connectivity index (χ2v) is 6.11. The van der Waals surface area contributed by atoms with E-state index in [4.69, 9.17) is 4.74 Å². The molecular formula is C15H26N4O. The minimum absolute atomic E-state index is 0.170. The molecular weight excluding hydrogens is 252 g/mol. The molecule has 0 aromatic carbocycles. The maximum Gasteiger partial charge on any atom is 0.111 e. The maximum absolute atomic E-state index is 5.84. The summed E-state index contributed by atoms with van der Waals surface area (Å²) in [4.78, 5) is 6.75. The Hall–Kier alpha value is -0.910. The summed E-state index contributed by atoms with van der Waals surface area (Å²) in [5, 5.41) is 3.39. The highest BCUT2D eigenvalue weighted by atomic mass is 16.5. The number of morpholine rings is 1. The van der Waals surface area contributed by atoms with E-state index in [2.05, 4.69) is 26.8 Å². The molecule has 1 atom stereocenters. The lowest BCUT2D eigenvalue weighted by atomic mass is 9.94. The van der Waals surface area contributed by atoms with Crippen LogP contribution in [0.15, 0.2) is 12.5 Å². The highest BCUT2D eigenvalue weighted by Gasteiger charge is 2.21. The van der Waals surface area contributed by atoms with Crippen LogP contribution in [0, 0.1) is 5.92 Å². The first-order valence-corrected chi connectivity index (χ1v) is 7.84. The molecule has 2 aliphatic heterocycles. The Bertz CT molecular complexity index is 406. The van der Waals surface area contributed by atoms with E-state index in [0.29, 0.717) is 0 Å². The van der Waals surface area contributed by atoms with Gasteiger partial charge in [-0.2, -0.15) is 0 Å². The molecule has 0 aliphatic carbocycles. The molecule has 1 aromatic rings. The highest BCUT2D eigenvalue weighted by molar-refractivity contribution is 5.04. The van der Waals surface area contributed by atoms with Gasteiger partial charge in [-0.3, -0.25) is 0 Å². The molecule has 3 rings (SSSR count). The Kier molecular flexibility index (Phi) is 4.70. The summed E-state index contributed by atoms with van der Waals surface area (Å²) in [7, 11) is 2.22. The monoisotopic (exact) mass is 278 g/mol. The first-order valence-electron chi connectivity index (χ1n) is 7.84. The fourth-order valence-electron chi connectivity index (χ4n) is 3.21. The van der Waals surface area contributed by atoms with Crippen LogP contribution in [0.2, 0.25) is 0 Å². The Morgan fingerprint density at radius 3 is 3.00 bits per heavy atom. The van der Waals surface area contributed by atoms with E-state index in [-0.39, 0.29) is 6.10 Å². The number of hydrogen-bond donors (Lipinski definition) is 1. The molecule has 1 N–H and O–H groups in total. The van der Waals surface area contributed by atoms with Crippen LogP contribution in [0.3, 0.4) is 0 Å². The van der Waals surface area contributed by atoms with Gasteiger partial charge in [-0.1, -0.05) is 0 Å². The molecule has 0 saturated carbocycles. The summed E-state index contributed by atoms with van der Waals surface area (Å²) in [6, 6.07) is 0. The highest BCUT2D eigenvalue weighted by Crippen LogP contribution is 2.23. The van der Waals surface area contributed by atoms with Crippen LogP contribution in [0.4, 0.5) is 0 Å². The fourth-order valence-corrected chi connectivity index (χ4v) is 3.21. The van der Waals surface area contributed by atoms with E-state index in [9.17, 15) is 0 Å². The SMILES string of the molecule is CN1CCC(CCn2cncc2C2CNCCO2)CC1. The van der Waals surface area contributed by atoms with Gasteiger partial charge in [0.1, 0.15) is 6.10 Å². The van der Waals surface area contributed by atoms with Crippen molar-refractivity contribution < 1.29 is 4.74 Å². The van der Waals surface area contributed by atoms with E-state index < -0.39 is 0 Å². The molecule has 112 valence electrons. The molecule has 0 radical (unpaired) electrons. The van der Waals surface area contributed by atoms with Crippen molar-refractivity contribution in [1.29, 1.82) is 0 Å². The Morgan fingerprint density at radius 1 is 1.40 bits per heavy atom. The van der Waals surface area contributed by atoms with Crippen LogP contribution >= 0.6 is 0 Å². The second kappa shape index (κ2) is 6.70. The fraction of sp³-hybridized carbons (Fsp3) is 0.800. The van der Waals surface area contributed by atoms with Gasteiger partial charge in [-0.05, 0) is 45.3 Å². The van der Waals surface area contributed by atoms with E-state index in [1.165, 1.54) is 38.0 Å². The molecule has 0 amide bonds. The summed E-state index contributed by atoms with van der Waals surface area (Å²) in [5.41, 5.74) is 1.23. The number of hydrogen-bond acceptors (Lipinski definition) is 4. The number of aryl methyl sites for hydroxylation is 1. The first kappa shape index (κ1) is 14.0. The molecule has 2 fully saturated rings. The standard InChI is InChI=1S/C15H26N4O/c1-18-6-2-13(3-7-18)4-8-19-12-17-10-14(19)15-11-16-5-9-20-15/h10,12-13,15-16H,2-9,11H2,1H3. The van der Waals surface area contributed by atoms with Gasteiger partial charge in [0.25, 0.3) is 0 Å². The van der Waals surface area contributed by atoms with Gasteiger partial charge in [-0.15, -0.1) is 0 Å². The van der Waals surface area contributed by atoms with E-state index >= 15 is 0 Å². The van der Waals surface area contributed by atoms with Crippen molar-refractivity contribution in [3.8, 4) is 0 Å².